The summed E-state index contributed by atoms with van der Waals surface area (Å²) in [4.78, 5) is 27.9. The van der Waals surface area contributed by atoms with Crippen LogP contribution in [0.25, 0.3) is 5.69 Å². The summed E-state index contributed by atoms with van der Waals surface area (Å²) >= 11 is 0. The fourth-order valence-corrected chi connectivity index (χ4v) is 3.95. The first-order chi connectivity index (χ1) is 14.0. The Morgan fingerprint density at radius 2 is 1.90 bits per heavy atom. The van der Waals surface area contributed by atoms with E-state index >= 15 is 0 Å². The number of hydrogen-bond acceptors (Lipinski definition) is 4. The first-order valence-corrected chi connectivity index (χ1v) is 9.34. The molecule has 7 nitrogen and oxygen atoms in total. The summed E-state index contributed by atoms with van der Waals surface area (Å²) in [7, 11) is 0. The lowest BCUT2D eigenvalue weighted by Crippen LogP contribution is -2.43. The topological polar surface area (TPSA) is 90.1 Å². The lowest BCUT2D eigenvalue weighted by atomic mass is 9.87. The molecular formula is C21H19FN4O3. The number of benzene rings is 2. The Morgan fingerprint density at radius 3 is 2.52 bits per heavy atom. The van der Waals surface area contributed by atoms with E-state index < -0.39 is 16.4 Å². The van der Waals surface area contributed by atoms with E-state index in [4.69, 9.17) is 0 Å². The van der Waals surface area contributed by atoms with Crippen molar-refractivity contribution in [1.29, 1.82) is 0 Å². The molecule has 0 aliphatic heterocycles. The van der Waals surface area contributed by atoms with Gasteiger partial charge in [-0.25, -0.2) is 9.37 Å². The lowest BCUT2D eigenvalue weighted by Gasteiger charge is -2.31. The zero-order chi connectivity index (χ0) is 20.4. The fraction of sp³-hybridized carbons (Fsp3) is 0.238. The molecule has 29 heavy (non-hydrogen) atoms. The molecule has 0 radical (unpaired) electrons. The molecule has 0 bridgehead atoms. The third-order valence-electron chi connectivity index (χ3n) is 5.42. The second-order valence-electron chi connectivity index (χ2n) is 7.18. The normalized spacial score (nSPS) is 15.2. The van der Waals surface area contributed by atoms with Crippen LogP contribution in [-0.2, 0) is 5.54 Å². The molecular weight excluding hydrogens is 375 g/mol. The number of imidazole rings is 1. The SMILES string of the molecule is O=C(NC1(c2ccc(F)cc2)CCCC1)c1ccc(-n2ccnc2)c([N+](=O)[O-])c1. The van der Waals surface area contributed by atoms with Crippen LogP contribution in [0.15, 0.2) is 61.2 Å². The van der Waals surface area contributed by atoms with Crippen LogP contribution < -0.4 is 5.32 Å². The Labute approximate surface area is 166 Å². The second-order valence-corrected chi connectivity index (χ2v) is 7.18. The molecule has 1 amide bonds. The zero-order valence-corrected chi connectivity index (χ0v) is 15.5. The van der Waals surface area contributed by atoms with Gasteiger partial charge in [0, 0.05) is 24.0 Å². The van der Waals surface area contributed by atoms with Gasteiger partial charge < -0.3 is 9.88 Å². The van der Waals surface area contributed by atoms with Crippen molar-refractivity contribution in [2.75, 3.05) is 0 Å². The van der Waals surface area contributed by atoms with Crippen molar-refractivity contribution in [3.05, 3.63) is 88.2 Å². The maximum absolute atomic E-state index is 13.3. The highest BCUT2D eigenvalue weighted by Crippen LogP contribution is 2.39. The van der Waals surface area contributed by atoms with E-state index in [1.807, 2.05) is 0 Å². The van der Waals surface area contributed by atoms with Crippen molar-refractivity contribution in [1.82, 2.24) is 14.9 Å². The quantitative estimate of drug-likeness (QED) is 0.521. The van der Waals surface area contributed by atoms with Crippen LogP contribution in [-0.4, -0.2) is 20.4 Å². The number of carbonyl (C=O) groups excluding carboxylic acids is 1. The Kier molecular flexibility index (Phi) is 4.84. The van der Waals surface area contributed by atoms with Crippen LogP contribution in [0.4, 0.5) is 10.1 Å². The van der Waals surface area contributed by atoms with E-state index in [1.165, 1.54) is 41.4 Å². The molecule has 148 valence electrons. The predicted molar refractivity (Wildman–Crippen MR) is 104 cm³/mol. The minimum Gasteiger partial charge on any atom is -0.343 e. The van der Waals surface area contributed by atoms with E-state index in [0.717, 1.165) is 31.2 Å². The number of nitro groups is 1. The third kappa shape index (κ3) is 3.61. The smallest absolute Gasteiger partial charge is 0.294 e. The van der Waals surface area contributed by atoms with E-state index in [9.17, 15) is 19.3 Å². The lowest BCUT2D eigenvalue weighted by molar-refractivity contribution is -0.384. The van der Waals surface area contributed by atoms with E-state index in [0.29, 0.717) is 5.69 Å². The molecule has 1 aliphatic carbocycles. The number of aromatic nitrogens is 2. The average molecular weight is 394 g/mol. The fourth-order valence-electron chi connectivity index (χ4n) is 3.95. The molecule has 1 fully saturated rings. The van der Waals surface area contributed by atoms with Gasteiger partial charge >= 0.3 is 0 Å². The molecule has 1 N–H and O–H groups in total. The number of nitrogens with one attached hydrogen (secondary N) is 1. The Morgan fingerprint density at radius 1 is 1.17 bits per heavy atom. The molecule has 8 heteroatoms. The van der Waals surface area contributed by atoms with E-state index in [2.05, 4.69) is 10.3 Å². The van der Waals surface area contributed by atoms with Crippen molar-refractivity contribution in [3.63, 3.8) is 0 Å². The van der Waals surface area contributed by atoms with Gasteiger partial charge in [0.1, 0.15) is 11.5 Å². The summed E-state index contributed by atoms with van der Waals surface area (Å²) < 4.78 is 14.9. The number of amides is 1. The van der Waals surface area contributed by atoms with Crippen molar-refractivity contribution < 1.29 is 14.1 Å². The number of halogens is 1. The van der Waals surface area contributed by atoms with Gasteiger partial charge in [-0.05, 0) is 42.7 Å². The standard InChI is InChI=1S/C21H19FN4O3/c22-17-6-4-16(5-7-17)21(9-1-2-10-21)24-20(27)15-3-8-18(19(13-15)26(28)29)25-12-11-23-14-25/h3-8,11-14H,1-2,9-10H2,(H,24,27). The van der Waals surface area contributed by atoms with Gasteiger partial charge in [-0.2, -0.15) is 0 Å². The molecule has 1 aliphatic rings. The van der Waals surface area contributed by atoms with Crippen LogP contribution in [0.5, 0.6) is 0 Å². The minimum atomic E-state index is -0.595. The number of rotatable bonds is 5. The molecule has 0 atom stereocenters. The number of carbonyl (C=O) groups is 1. The van der Waals surface area contributed by atoms with Gasteiger partial charge in [0.05, 0.1) is 16.8 Å². The van der Waals surface area contributed by atoms with Crippen LogP contribution in [0.1, 0.15) is 41.6 Å². The van der Waals surface area contributed by atoms with Crippen LogP contribution >= 0.6 is 0 Å². The molecule has 0 spiro atoms. The van der Waals surface area contributed by atoms with Crippen molar-refractivity contribution >= 4 is 11.6 Å². The third-order valence-corrected chi connectivity index (χ3v) is 5.42. The Balaban J connectivity index is 1.66. The highest BCUT2D eigenvalue weighted by Gasteiger charge is 2.37. The monoisotopic (exact) mass is 394 g/mol. The minimum absolute atomic E-state index is 0.182. The summed E-state index contributed by atoms with van der Waals surface area (Å²) in [5.41, 5.74) is 0.599. The number of hydrogen-bond donors (Lipinski definition) is 1. The second kappa shape index (κ2) is 7.46. The van der Waals surface area contributed by atoms with Crippen molar-refractivity contribution in [3.8, 4) is 5.69 Å². The summed E-state index contributed by atoms with van der Waals surface area (Å²) in [5.74, 6) is -0.726. The van der Waals surface area contributed by atoms with Gasteiger partial charge in [0.25, 0.3) is 11.6 Å². The van der Waals surface area contributed by atoms with Gasteiger partial charge in [-0.1, -0.05) is 25.0 Å². The maximum Gasteiger partial charge on any atom is 0.294 e. The van der Waals surface area contributed by atoms with Crippen molar-refractivity contribution in [2.24, 2.45) is 0 Å². The summed E-state index contributed by atoms with van der Waals surface area (Å²) in [6.45, 7) is 0. The molecule has 4 rings (SSSR count). The molecule has 1 aromatic heterocycles. The largest absolute Gasteiger partial charge is 0.343 e. The van der Waals surface area contributed by atoms with E-state index in [-0.39, 0.29) is 17.1 Å². The first kappa shape index (κ1) is 18.8. The van der Waals surface area contributed by atoms with Crippen LogP contribution in [0, 0.1) is 15.9 Å². The molecule has 2 aromatic carbocycles. The van der Waals surface area contributed by atoms with Crippen LogP contribution in [0.2, 0.25) is 0 Å². The van der Waals surface area contributed by atoms with Gasteiger partial charge in [-0.15, -0.1) is 0 Å². The molecule has 0 unspecified atom stereocenters. The average Bonchev–Trinajstić information content (AvgIpc) is 3.41. The number of nitro benzene ring substituents is 1. The van der Waals surface area contributed by atoms with E-state index in [1.54, 1.807) is 24.4 Å². The van der Waals surface area contributed by atoms with Gasteiger partial charge in [0.15, 0.2) is 0 Å². The summed E-state index contributed by atoms with van der Waals surface area (Å²) in [5, 5.41) is 14.6. The van der Waals surface area contributed by atoms with Crippen molar-refractivity contribution in [2.45, 2.75) is 31.2 Å². The number of nitrogens with zero attached hydrogens (tertiary/aromatic N) is 3. The van der Waals surface area contributed by atoms with Crippen LogP contribution in [0.3, 0.4) is 0 Å². The highest BCUT2D eigenvalue weighted by molar-refractivity contribution is 5.96. The van der Waals surface area contributed by atoms with Gasteiger partial charge in [-0.3, -0.25) is 14.9 Å². The summed E-state index contributed by atoms with van der Waals surface area (Å²) in [6, 6.07) is 10.5. The first-order valence-electron chi connectivity index (χ1n) is 9.34. The maximum atomic E-state index is 13.3. The zero-order valence-electron chi connectivity index (χ0n) is 15.5. The Hall–Kier alpha value is -3.55. The summed E-state index contributed by atoms with van der Waals surface area (Å²) in [6.07, 6.45) is 7.94. The highest BCUT2D eigenvalue weighted by atomic mass is 19.1. The van der Waals surface area contributed by atoms with Gasteiger partial charge in [0.2, 0.25) is 0 Å². The molecule has 1 heterocycles. The predicted octanol–water partition coefficient (Wildman–Crippen LogP) is 4.12. The molecule has 3 aromatic rings. The molecule has 0 saturated heterocycles. The Bertz CT molecular complexity index is 1040. The molecule has 1 saturated carbocycles.